The third-order valence-corrected chi connectivity index (χ3v) is 0. The quantitative estimate of drug-likeness (QED) is 0.467. The summed E-state index contributed by atoms with van der Waals surface area (Å²) in [5.74, 6) is 0. The SMILES string of the molecule is CCF.FC(Cl)Cl. The van der Waals surface area contributed by atoms with Crippen LogP contribution in [0.15, 0.2) is 0 Å². The van der Waals surface area contributed by atoms with Gasteiger partial charge in [-0.05, 0) is 6.92 Å². The van der Waals surface area contributed by atoms with Crippen molar-refractivity contribution < 1.29 is 8.78 Å². The van der Waals surface area contributed by atoms with Gasteiger partial charge in [0.05, 0.1) is 6.67 Å². The zero-order chi connectivity index (χ0) is 6.28. The Morgan fingerprint density at radius 1 is 1.57 bits per heavy atom. The van der Waals surface area contributed by atoms with E-state index in [-0.39, 0.29) is 6.67 Å². The van der Waals surface area contributed by atoms with Crippen LogP contribution in [0.25, 0.3) is 0 Å². The molecular weight excluding hydrogens is 145 g/mol. The molecule has 0 atom stereocenters. The van der Waals surface area contributed by atoms with Crippen molar-refractivity contribution in [3.63, 3.8) is 0 Å². The predicted octanol–water partition coefficient (Wildman–Crippen LogP) is 2.69. The molecule has 7 heavy (non-hydrogen) atoms. The highest BCUT2D eigenvalue weighted by Crippen LogP contribution is 1.98. The summed E-state index contributed by atoms with van der Waals surface area (Å²) in [6.45, 7) is 1.21. The average molecular weight is 151 g/mol. The third-order valence-electron chi connectivity index (χ3n) is 0. The number of hydrogen-bond acceptors (Lipinski definition) is 0. The zero-order valence-corrected chi connectivity index (χ0v) is 5.31. The van der Waals surface area contributed by atoms with Gasteiger partial charge in [-0.3, -0.25) is 4.39 Å². The van der Waals surface area contributed by atoms with Gasteiger partial charge in [0.15, 0.2) is 0 Å². The maximum Gasteiger partial charge on any atom is 0.247 e. The highest BCUT2D eigenvalue weighted by molar-refractivity contribution is 6.42. The van der Waals surface area contributed by atoms with Crippen LogP contribution in [-0.4, -0.2) is 11.8 Å². The first kappa shape index (κ1) is 10.4. The summed E-state index contributed by atoms with van der Waals surface area (Å²) < 4.78 is 20.8. The summed E-state index contributed by atoms with van der Waals surface area (Å²) in [7, 11) is 0. The molecule has 0 aliphatic carbocycles. The number of halogens is 4. The van der Waals surface area contributed by atoms with Crippen molar-refractivity contribution in [3.8, 4) is 0 Å². The van der Waals surface area contributed by atoms with E-state index < -0.39 is 5.09 Å². The van der Waals surface area contributed by atoms with Crippen LogP contribution < -0.4 is 0 Å². The third kappa shape index (κ3) is 656. The van der Waals surface area contributed by atoms with Crippen LogP contribution in [0.1, 0.15) is 6.92 Å². The fourth-order valence-electron chi connectivity index (χ4n) is 0. The number of hydrogen-bond donors (Lipinski definition) is 0. The Hall–Kier alpha value is 0.440. The number of alkyl halides is 4. The molecule has 0 aromatic heterocycles. The van der Waals surface area contributed by atoms with Crippen LogP contribution in [0.5, 0.6) is 0 Å². The molecule has 0 unspecified atom stereocenters. The van der Waals surface area contributed by atoms with Crippen LogP contribution in [0.2, 0.25) is 0 Å². The molecule has 0 saturated carbocycles. The molecule has 0 radical (unpaired) electrons. The van der Waals surface area contributed by atoms with E-state index in [4.69, 9.17) is 0 Å². The topological polar surface area (TPSA) is 0 Å². The molecule has 0 aliphatic rings. The van der Waals surface area contributed by atoms with Crippen molar-refractivity contribution in [2.24, 2.45) is 0 Å². The van der Waals surface area contributed by atoms with Gasteiger partial charge in [0, 0.05) is 0 Å². The van der Waals surface area contributed by atoms with Crippen molar-refractivity contribution >= 4 is 23.2 Å². The summed E-state index contributed by atoms with van der Waals surface area (Å²) in [4.78, 5) is 0. The Morgan fingerprint density at radius 2 is 1.57 bits per heavy atom. The molecule has 0 heterocycles. The van der Waals surface area contributed by atoms with E-state index in [1.807, 2.05) is 0 Å². The molecule has 0 spiro atoms. The Morgan fingerprint density at radius 3 is 1.57 bits per heavy atom. The van der Waals surface area contributed by atoms with E-state index in [0.717, 1.165) is 0 Å². The largest absolute Gasteiger partial charge is 0.251 e. The monoisotopic (exact) mass is 150 g/mol. The lowest BCUT2D eigenvalue weighted by Gasteiger charge is -1.68. The Bertz CT molecular complexity index is 22.1. The van der Waals surface area contributed by atoms with E-state index in [0.29, 0.717) is 0 Å². The van der Waals surface area contributed by atoms with Gasteiger partial charge in [-0.1, -0.05) is 23.2 Å². The van der Waals surface area contributed by atoms with E-state index in [1.165, 1.54) is 6.92 Å². The fraction of sp³-hybridized carbons (Fsp3) is 1.00. The first-order valence-corrected chi connectivity index (χ1v) is 2.50. The predicted molar refractivity (Wildman–Crippen MR) is 28.3 cm³/mol. The summed E-state index contributed by atoms with van der Waals surface area (Å²) in [6, 6.07) is 0. The minimum absolute atomic E-state index is 0.250. The lowest BCUT2D eigenvalue weighted by atomic mass is 10.9. The highest BCUT2D eigenvalue weighted by Gasteiger charge is 1.81. The first-order chi connectivity index (χ1) is 3.15. The van der Waals surface area contributed by atoms with E-state index >= 15 is 0 Å². The minimum atomic E-state index is -1.72. The summed E-state index contributed by atoms with van der Waals surface area (Å²) in [6.07, 6.45) is 0. The second-order valence-electron chi connectivity index (χ2n) is 0.515. The van der Waals surface area contributed by atoms with Gasteiger partial charge < -0.3 is 0 Å². The molecule has 0 rings (SSSR count). The average Bonchev–Trinajstić information content (AvgIpc) is 1.33. The van der Waals surface area contributed by atoms with Crippen molar-refractivity contribution in [3.05, 3.63) is 0 Å². The first-order valence-electron chi connectivity index (χ1n) is 1.63. The molecule has 0 aromatic rings. The zero-order valence-electron chi connectivity index (χ0n) is 3.80. The second-order valence-corrected chi connectivity index (χ2v) is 1.50. The van der Waals surface area contributed by atoms with Crippen LogP contribution in [0, 0.1) is 0 Å². The van der Waals surface area contributed by atoms with Gasteiger partial charge in [-0.25, -0.2) is 4.39 Å². The molecule has 0 aliphatic heterocycles. The molecular formula is C3H6Cl2F2. The van der Waals surface area contributed by atoms with Gasteiger partial charge >= 0.3 is 0 Å². The van der Waals surface area contributed by atoms with Gasteiger partial charge in [0.2, 0.25) is 5.09 Å². The molecule has 0 nitrogen and oxygen atoms in total. The van der Waals surface area contributed by atoms with Crippen LogP contribution in [0.4, 0.5) is 8.78 Å². The van der Waals surface area contributed by atoms with E-state index in [9.17, 15) is 8.78 Å². The molecule has 0 aromatic carbocycles. The molecule has 0 fully saturated rings. The van der Waals surface area contributed by atoms with E-state index in [2.05, 4.69) is 23.2 Å². The van der Waals surface area contributed by atoms with Crippen LogP contribution in [0.3, 0.4) is 0 Å². The molecule has 0 amide bonds. The Kier molecular flexibility index (Phi) is 14.4. The highest BCUT2D eigenvalue weighted by atomic mass is 35.5. The van der Waals surface area contributed by atoms with E-state index in [1.54, 1.807) is 0 Å². The normalized spacial score (nSPS) is 7.71. The van der Waals surface area contributed by atoms with Gasteiger partial charge in [0.25, 0.3) is 0 Å². The van der Waals surface area contributed by atoms with Crippen molar-refractivity contribution in [1.29, 1.82) is 0 Å². The fourth-order valence-corrected chi connectivity index (χ4v) is 0. The van der Waals surface area contributed by atoms with Crippen molar-refractivity contribution in [2.75, 3.05) is 6.67 Å². The summed E-state index contributed by atoms with van der Waals surface area (Å²) in [5.41, 5.74) is 0. The van der Waals surface area contributed by atoms with Crippen LogP contribution in [-0.2, 0) is 0 Å². The lowest BCUT2D eigenvalue weighted by molar-refractivity contribution is 0.527. The molecule has 0 saturated heterocycles. The Labute approximate surface area is 51.4 Å². The standard InChI is InChI=1S/C2H5F.CHCl2F/c1-2-3;2-1(3)4/h2H2,1H3;1H. The molecule has 46 valence electrons. The van der Waals surface area contributed by atoms with Gasteiger partial charge in [-0.15, -0.1) is 0 Å². The second kappa shape index (κ2) is 9.67. The maximum absolute atomic E-state index is 10.5. The lowest BCUT2D eigenvalue weighted by Crippen LogP contribution is -1.58. The smallest absolute Gasteiger partial charge is 0.247 e. The van der Waals surface area contributed by atoms with Crippen molar-refractivity contribution in [2.45, 2.75) is 12.0 Å². The maximum atomic E-state index is 10.5. The van der Waals surface area contributed by atoms with Crippen molar-refractivity contribution in [1.82, 2.24) is 0 Å². The van der Waals surface area contributed by atoms with Crippen LogP contribution >= 0.6 is 23.2 Å². The van der Waals surface area contributed by atoms with Gasteiger partial charge in [-0.2, -0.15) is 0 Å². The molecule has 0 N–H and O–H groups in total. The summed E-state index contributed by atoms with van der Waals surface area (Å²) in [5, 5.41) is -1.72. The number of rotatable bonds is 0. The summed E-state index contributed by atoms with van der Waals surface area (Å²) >= 11 is 8.75. The molecule has 0 bridgehead atoms. The Balaban J connectivity index is 0. The van der Waals surface area contributed by atoms with Gasteiger partial charge in [0.1, 0.15) is 0 Å². The molecule has 4 heteroatoms. The minimum Gasteiger partial charge on any atom is -0.251 e.